The van der Waals surface area contributed by atoms with Gasteiger partial charge in [0.15, 0.2) is 9.84 Å². The predicted octanol–water partition coefficient (Wildman–Crippen LogP) is 3.23. The maximum absolute atomic E-state index is 14.2. The third kappa shape index (κ3) is 5.63. The summed E-state index contributed by atoms with van der Waals surface area (Å²) in [5, 5.41) is 0. The summed E-state index contributed by atoms with van der Waals surface area (Å²) in [5.41, 5.74) is 1.36. The highest BCUT2D eigenvalue weighted by molar-refractivity contribution is 7.90. The van der Waals surface area contributed by atoms with Gasteiger partial charge >= 0.3 is 0 Å². The minimum Gasteiger partial charge on any atom is -0.380 e. The number of piperidine rings is 1. The van der Waals surface area contributed by atoms with Gasteiger partial charge < -0.3 is 14.4 Å². The van der Waals surface area contributed by atoms with E-state index in [9.17, 15) is 12.8 Å². The molecule has 2 aromatic rings. The summed E-state index contributed by atoms with van der Waals surface area (Å²) in [6, 6.07) is 3.99. The normalized spacial score (nSPS) is 21.7. The Morgan fingerprint density at radius 2 is 1.88 bits per heavy atom. The van der Waals surface area contributed by atoms with E-state index in [4.69, 9.17) is 9.47 Å². The molecule has 9 heteroatoms. The molecule has 1 saturated heterocycles. The van der Waals surface area contributed by atoms with E-state index >= 15 is 0 Å². The first kappa shape index (κ1) is 23.1. The molecule has 4 rings (SSSR count). The van der Waals surface area contributed by atoms with Gasteiger partial charge in [0.2, 0.25) is 5.95 Å². The fourth-order valence-electron chi connectivity index (χ4n) is 4.52. The number of aromatic nitrogens is 2. The number of nitrogens with zero attached hydrogens (tertiary/aromatic N) is 3. The summed E-state index contributed by atoms with van der Waals surface area (Å²) in [7, 11) is -1.75. The molecule has 32 heavy (non-hydrogen) atoms. The minimum absolute atomic E-state index is 0.0105. The molecule has 2 heterocycles. The Bertz CT molecular complexity index is 1020. The molecule has 174 valence electrons. The standard InChI is InChI=1S/C23H30FN3O4S/c1-30-13-16-11-25-23(26-12-16)27-7-5-17(6-8-27)21-9-19(21)15-31-14-18-3-4-20(10-22(18)24)32(2,28)29/h3-4,10-12,17,19,21H,5-9,13-15H2,1-2H3/t19-,21+/m0/s1. The Morgan fingerprint density at radius 3 is 2.50 bits per heavy atom. The van der Waals surface area contributed by atoms with Gasteiger partial charge in [0.05, 0.1) is 24.7 Å². The van der Waals surface area contributed by atoms with Crippen LogP contribution >= 0.6 is 0 Å². The number of ether oxygens (including phenoxy) is 2. The van der Waals surface area contributed by atoms with E-state index < -0.39 is 15.7 Å². The molecular weight excluding hydrogens is 433 g/mol. The zero-order valence-corrected chi connectivity index (χ0v) is 19.4. The van der Waals surface area contributed by atoms with Crippen molar-refractivity contribution < 1.29 is 22.3 Å². The van der Waals surface area contributed by atoms with Gasteiger partial charge in [-0.1, -0.05) is 6.07 Å². The Balaban J connectivity index is 1.19. The summed E-state index contributed by atoms with van der Waals surface area (Å²) in [6.45, 7) is 3.20. The fraction of sp³-hybridized carbons (Fsp3) is 0.565. The average Bonchev–Trinajstić information content (AvgIpc) is 3.55. The molecule has 0 amide bonds. The number of benzene rings is 1. The lowest BCUT2D eigenvalue weighted by atomic mass is 9.91. The van der Waals surface area contributed by atoms with Crippen LogP contribution < -0.4 is 4.90 Å². The highest BCUT2D eigenvalue weighted by Crippen LogP contribution is 2.48. The molecule has 1 aromatic carbocycles. The third-order valence-corrected chi connectivity index (χ3v) is 7.56. The van der Waals surface area contributed by atoms with Crippen molar-refractivity contribution in [3.05, 3.63) is 47.5 Å². The molecule has 1 aliphatic heterocycles. The fourth-order valence-corrected chi connectivity index (χ4v) is 5.15. The number of anilines is 1. The van der Waals surface area contributed by atoms with Crippen LogP contribution in [-0.4, -0.2) is 51.4 Å². The number of hydrogen-bond donors (Lipinski definition) is 0. The first-order valence-electron chi connectivity index (χ1n) is 11.0. The van der Waals surface area contributed by atoms with Crippen molar-refractivity contribution in [1.82, 2.24) is 9.97 Å². The predicted molar refractivity (Wildman–Crippen MR) is 118 cm³/mol. The van der Waals surface area contributed by atoms with Gasteiger partial charge in [-0.15, -0.1) is 0 Å². The number of rotatable bonds is 9. The van der Waals surface area contributed by atoms with Crippen LogP contribution in [0.2, 0.25) is 0 Å². The Hall–Kier alpha value is -2.10. The van der Waals surface area contributed by atoms with Crippen molar-refractivity contribution in [3.63, 3.8) is 0 Å². The summed E-state index contributed by atoms with van der Waals surface area (Å²) < 4.78 is 48.1. The lowest BCUT2D eigenvalue weighted by Gasteiger charge is -2.32. The SMILES string of the molecule is COCc1cnc(N2CCC([C@H]3C[C@H]3COCc3ccc(S(C)(=O)=O)cc3F)CC2)nc1. The van der Waals surface area contributed by atoms with Gasteiger partial charge in [0, 0.05) is 50.0 Å². The van der Waals surface area contributed by atoms with Gasteiger partial charge in [0.1, 0.15) is 5.82 Å². The minimum atomic E-state index is -3.41. The molecule has 0 bridgehead atoms. The largest absolute Gasteiger partial charge is 0.380 e. The van der Waals surface area contributed by atoms with E-state index in [0.717, 1.165) is 56.2 Å². The summed E-state index contributed by atoms with van der Waals surface area (Å²) >= 11 is 0. The smallest absolute Gasteiger partial charge is 0.225 e. The van der Waals surface area contributed by atoms with Gasteiger partial charge in [-0.3, -0.25) is 0 Å². The van der Waals surface area contributed by atoms with Crippen LogP contribution in [0.25, 0.3) is 0 Å². The van der Waals surface area contributed by atoms with Crippen molar-refractivity contribution in [2.24, 2.45) is 17.8 Å². The van der Waals surface area contributed by atoms with Crippen molar-refractivity contribution in [2.75, 3.05) is 38.0 Å². The van der Waals surface area contributed by atoms with Crippen LogP contribution in [0.4, 0.5) is 10.3 Å². The van der Waals surface area contributed by atoms with Crippen molar-refractivity contribution >= 4 is 15.8 Å². The Kier molecular flexibility index (Phi) is 7.07. The zero-order chi connectivity index (χ0) is 22.7. The molecular formula is C23H30FN3O4S. The molecule has 7 nitrogen and oxygen atoms in total. The highest BCUT2D eigenvalue weighted by Gasteiger charge is 2.43. The van der Waals surface area contributed by atoms with Crippen molar-refractivity contribution in [1.29, 1.82) is 0 Å². The summed E-state index contributed by atoms with van der Waals surface area (Å²) in [6.07, 6.45) is 8.11. The van der Waals surface area contributed by atoms with E-state index in [1.54, 1.807) is 7.11 Å². The molecule has 0 N–H and O–H groups in total. The molecule has 2 atom stereocenters. The third-order valence-electron chi connectivity index (χ3n) is 6.45. The van der Waals surface area contributed by atoms with Crippen LogP contribution in [-0.2, 0) is 32.5 Å². The second-order valence-electron chi connectivity index (χ2n) is 8.85. The first-order chi connectivity index (χ1) is 15.3. The van der Waals surface area contributed by atoms with Crippen LogP contribution in [0.15, 0.2) is 35.5 Å². The number of sulfone groups is 1. The monoisotopic (exact) mass is 463 g/mol. The van der Waals surface area contributed by atoms with Crippen LogP contribution in [0, 0.1) is 23.6 Å². The Labute approximate surface area is 188 Å². The molecule has 1 aromatic heterocycles. The lowest BCUT2D eigenvalue weighted by molar-refractivity contribution is 0.102. The molecule has 1 aliphatic carbocycles. The van der Waals surface area contributed by atoms with E-state index in [1.807, 2.05) is 12.4 Å². The molecule has 0 unspecified atom stereocenters. The van der Waals surface area contributed by atoms with Crippen LogP contribution in [0.5, 0.6) is 0 Å². The second-order valence-corrected chi connectivity index (χ2v) is 10.9. The molecule has 2 aliphatic rings. The van der Waals surface area contributed by atoms with Crippen LogP contribution in [0.3, 0.4) is 0 Å². The van der Waals surface area contributed by atoms with Crippen molar-refractivity contribution in [3.8, 4) is 0 Å². The number of halogens is 1. The van der Waals surface area contributed by atoms with Gasteiger partial charge in [-0.2, -0.15) is 0 Å². The van der Waals surface area contributed by atoms with E-state index in [-0.39, 0.29) is 11.5 Å². The number of hydrogen-bond acceptors (Lipinski definition) is 7. The van der Waals surface area contributed by atoms with Gasteiger partial charge in [-0.25, -0.2) is 22.8 Å². The maximum atomic E-state index is 14.2. The topological polar surface area (TPSA) is 81.6 Å². The molecule has 2 fully saturated rings. The van der Waals surface area contributed by atoms with Gasteiger partial charge in [0.25, 0.3) is 0 Å². The number of methoxy groups -OCH3 is 1. The second kappa shape index (κ2) is 9.80. The molecule has 0 radical (unpaired) electrons. The lowest BCUT2D eigenvalue weighted by Crippen LogP contribution is -2.35. The summed E-state index contributed by atoms with van der Waals surface area (Å²) in [4.78, 5) is 11.2. The van der Waals surface area contributed by atoms with Crippen molar-refractivity contribution in [2.45, 2.75) is 37.4 Å². The highest BCUT2D eigenvalue weighted by atomic mass is 32.2. The molecule has 1 saturated carbocycles. The van der Waals surface area contributed by atoms with Gasteiger partial charge in [-0.05, 0) is 49.1 Å². The first-order valence-corrected chi connectivity index (χ1v) is 12.9. The summed E-state index contributed by atoms with van der Waals surface area (Å²) in [5.74, 6) is 2.11. The van der Waals surface area contributed by atoms with E-state index in [0.29, 0.717) is 36.5 Å². The molecule has 0 spiro atoms. The maximum Gasteiger partial charge on any atom is 0.225 e. The van der Waals surface area contributed by atoms with E-state index in [2.05, 4.69) is 14.9 Å². The zero-order valence-electron chi connectivity index (χ0n) is 18.5. The quantitative estimate of drug-likeness (QED) is 0.565. The average molecular weight is 464 g/mol. The van der Waals surface area contributed by atoms with E-state index in [1.165, 1.54) is 12.1 Å². The van der Waals surface area contributed by atoms with Crippen LogP contribution in [0.1, 0.15) is 30.4 Å². The Morgan fingerprint density at radius 1 is 1.16 bits per heavy atom.